The Morgan fingerprint density at radius 3 is 2.11 bits per heavy atom. The molecule has 54 heavy (non-hydrogen) atoms. The Morgan fingerprint density at radius 1 is 0.556 bits per heavy atom. The first-order chi connectivity index (χ1) is 26.8. The van der Waals surface area contributed by atoms with Crippen molar-refractivity contribution in [2.45, 2.75) is 24.7 Å². The van der Waals surface area contributed by atoms with Crippen LogP contribution in [0.4, 0.5) is 0 Å². The fourth-order valence-corrected chi connectivity index (χ4v) is 8.54. The number of hydrogen-bond donors (Lipinski definition) is 0. The number of aromatic nitrogens is 3. The minimum Gasteiger partial charge on any atom is -0.460 e. The molecule has 2 aliphatic rings. The Labute approximate surface area is 312 Å². The molecule has 2 aliphatic carbocycles. The maximum absolute atomic E-state index is 6.46. The van der Waals surface area contributed by atoms with Crippen LogP contribution in [0.15, 0.2) is 167 Å². The van der Waals surface area contributed by atoms with Crippen LogP contribution in [0, 0.1) is 0 Å². The van der Waals surface area contributed by atoms with Crippen molar-refractivity contribution in [2.24, 2.45) is 0 Å². The highest BCUT2D eigenvalue weighted by molar-refractivity contribution is 6.15. The minimum absolute atomic E-state index is 0.115. The maximum atomic E-state index is 6.46. The number of furan rings is 2. The third-order valence-corrected chi connectivity index (χ3v) is 11.1. The predicted molar refractivity (Wildman–Crippen MR) is 216 cm³/mol. The Balaban J connectivity index is 1.15. The van der Waals surface area contributed by atoms with Crippen molar-refractivity contribution in [3.63, 3.8) is 0 Å². The fourth-order valence-electron chi connectivity index (χ4n) is 8.54. The average Bonchev–Trinajstić information content (AvgIpc) is 3.81. The molecule has 0 fully saturated rings. The Morgan fingerprint density at radius 2 is 1.26 bits per heavy atom. The molecular weight excluding hydrogens is 663 g/mol. The molecule has 5 nitrogen and oxygen atoms in total. The first-order valence-corrected chi connectivity index (χ1v) is 18.6. The van der Waals surface area contributed by atoms with Crippen LogP contribution < -0.4 is 0 Å². The highest BCUT2D eigenvalue weighted by Crippen LogP contribution is 2.45. The molecular formula is C49H33N3O2. The molecule has 0 bridgehead atoms. The maximum Gasteiger partial charge on any atom is 0.165 e. The van der Waals surface area contributed by atoms with Gasteiger partial charge < -0.3 is 8.83 Å². The lowest BCUT2D eigenvalue weighted by atomic mass is 9.79. The zero-order valence-corrected chi connectivity index (χ0v) is 29.3. The van der Waals surface area contributed by atoms with E-state index in [-0.39, 0.29) is 11.8 Å². The largest absolute Gasteiger partial charge is 0.460 e. The molecule has 0 amide bonds. The summed E-state index contributed by atoms with van der Waals surface area (Å²) in [5, 5.41) is 3.15. The van der Waals surface area contributed by atoms with Crippen LogP contribution in [0.1, 0.15) is 57.9 Å². The highest BCUT2D eigenvalue weighted by Gasteiger charge is 2.30. The number of nitrogens with zero attached hydrogens (tertiary/aromatic N) is 3. The monoisotopic (exact) mass is 695 g/mol. The molecule has 6 aromatic carbocycles. The van der Waals surface area contributed by atoms with Crippen LogP contribution in [0.25, 0.3) is 67.1 Å². The quantitative estimate of drug-likeness (QED) is 0.179. The second-order valence-electron chi connectivity index (χ2n) is 14.2. The standard InChI is InChI=1S/C49H33N3O2/c1-3-13-30(14-4-1)33-25-26-39(36-18-8-7-17-35(33)36)48-50-47(32-23-24-38-37-19-9-11-21-41(37)54-44(38)29-32)51-49(52-48)46-34(31-15-5-2-6-16-31)27-28-43-45(46)40-20-10-12-22-42(40)53-43/h1-24,26-28,32-33H,25,29H2. The SMILES string of the molecule is C1=CC(c2nc(C3=CCC(c4ccccc4)c4ccccc43)nc(-c3c(-c4ccccc4)ccc4oc5ccccc5c34)n2)Cc2oc3ccccc3c21. The summed E-state index contributed by atoms with van der Waals surface area (Å²) in [6.45, 7) is 0. The van der Waals surface area contributed by atoms with Gasteiger partial charge in [-0.3, -0.25) is 0 Å². The first-order valence-electron chi connectivity index (χ1n) is 18.6. The summed E-state index contributed by atoms with van der Waals surface area (Å²) in [6.07, 6.45) is 8.23. The lowest BCUT2D eigenvalue weighted by molar-refractivity contribution is 0.526. The van der Waals surface area contributed by atoms with Gasteiger partial charge in [-0.05, 0) is 58.5 Å². The molecule has 2 atom stereocenters. The van der Waals surface area contributed by atoms with Gasteiger partial charge in [-0.2, -0.15) is 0 Å². The normalized spacial score (nSPS) is 16.4. The molecule has 11 rings (SSSR count). The van der Waals surface area contributed by atoms with Crippen LogP contribution in [0.5, 0.6) is 0 Å². The number of para-hydroxylation sites is 2. The summed E-state index contributed by atoms with van der Waals surface area (Å²) < 4.78 is 12.9. The molecule has 0 aliphatic heterocycles. The molecule has 0 spiro atoms. The van der Waals surface area contributed by atoms with Crippen molar-refractivity contribution in [2.75, 3.05) is 0 Å². The third kappa shape index (κ3) is 4.96. The molecule has 0 N–H and O–H groups in total. The zero-order valence-electron chi connectivity index (χ0n) is 29.3. The molecule has 2 unspecified atom stereocenters. The van der Waals surface area contributed by atoms with Gasteiger partial charge in [-0.1, -0.05) is 140 Å². The van der Waals surface area contributed by atoms with Gasteiger partial charge in [0.25, 0.3) is 0 Å². The van der Waals surface area contributed by atoms with E-state index in [0.717, 1.165) is 78.5 Å². The van der Waals surface area contributed by atoms with Gasteiger partial charge in [0.15, 0.2) is 11.6 Å². The first kappa shape index (κ1) is 30.7. The van der Waals surface area contributed by atoms with E-state index < -0.39 is 0 Å². The Kier molecular flexibility index (Phi) is 7.05. The molecule has 0 saturated heterocycles. The van der Waals surface area contributed by atoms with E-state index in [1.54, 1.807) is 0 Å². The molecule has 3 heterocycles. The van der Waals surface area contributed by atoms with E-state index in [1.165, 1.54) is 11.1 Å². The Bertz CT molecular complexity index is 2950. The van der Waals surface area contributed by atoms with E-state index in [0.29, 0.717) is 23.9 Å². The second-order valence-corrected chi connectivity index (χ2v) is 14.2. The van der Waals surface area contributed by atoms with Crippen molar-refractivity contribution in [3.05, 3.63) is 197 Å². The molecule has 0 saturated carbocycles. The number of rotatable bonds is 5. The lowest BCUT2D eigenvalue weighted by Crippen LogP contribution is -2.15. The summed E-state index contributed by atoms with van der Waals surface area (Å²) in [5.74, 6) is 3.09. The van der Waals surface area contributed by atoms with Gasteiger partial charge in [0.1, 0.15) is 28.3 Å². The van der Waals surface area contributed by atoms with Crippen LogP contribution in [-0.2, 0) is 6.42 Å². The fraction of sp³-hybridized carbons (Fsp3) is 0.0816. The lowest BCUT2D eigenvalue weighted by Gasteiger charge is -2.26. The van der Waals surface area contributed by atoms with Crippen molar-refractivity contribution < 1.29 is 8.83 Å². The summed E-state index contributed by atoms with van der Waals surface area (Å²) in [6, 6.07) is 50.6. The van der Waals surface area contributed by atoms with Gasteiger partial charge in [0, 0.05) is 51.1 Å². The van der Waals surface area contributed by atoms with E-state index in [9.17, 15) is 0 Å². The molecule has 256 valence electrons. The molecule has 5 heteroatoms. The minimum atomic E-state index is -0.115. The number of fused-ring (bicyclic) bond motifs is 7. The van der Waals surface area contributed by atoms with Gasteiger partial charge in [-0.15, -0.1) is 0 Å². The third-order valence-electron chi connectivity index (χ3n) is 11.1. The number of benzene rings is 6. The van der Waals surface area contributed by atoms with Crippen molar-refractivity contribution >= 4 is 44.6 Å². The van der Waals surface area contributed by atoms with E-state index >= 15 is 0 Å². The molecule has 3 aromatic heterocycles. The zero-order chi connectivity index (χ0) is 35.6. The van der Waals surface area contributed by atoms with Crippen LogP contribution >= 0.6 is 0 Å². The predicted octanol–water partition coefficient (Wildman–Crippen LogP) is 12.2. The Hall–Kier alpha value is -6.85. The van der Waals surface area contributed by atoms with E-state index in [1.807, 2.05) is 30.3 Å². The topological polar surface area (TPSA) is 65.0 Å². The number of allylic oxidation sites excluding steroid dienone is 2. The van der Waals surface area contributed by atoms with Crippen molar-refractivity contribution in [3.8, 4) is 22.5 Å². The summed E-state index contributed by atoms with van der Waals surface area (Å²) in [4.78, 5) is 16.2. The average molecular weight is 696 g/mol. The summed E-state index contributed by atoms with van der Waals surface area (Å²) in [7, 11) is 0. The van der Waals surface area contributed by atoms with Gasteiger partial charge >= 0.3 is 0 Å². The van der Waals surface area contributed by atoms with E-state index in [2.05, 4.69) is 133 Å². The van der Waals surface area contributed by atoms with Gasteiger partial charge in [0.2, 0.25) is 0 Å². The van der Waals surface area contributed by atoms with Crippen molar-refractivity contribution in [1.29, 1.82) is 0 Å². The van der Waals surface area contributed by atoms with Crippen LogP contribution in [0.3, 0.4) is 0 Å². The van der Waals surface area contributed by atoms with Crippen LogP contribution in [0.2, 0.25) is 0 Å². The summed E-state index contributed by atoms with van der Waals surface area (Å²) >= 11 is 0. The van der Waals surface area contributed by atoms with Crippen molar-refractivity contribution in [1.82, 2.24) is 15.0 Å². The van der Waals surface area contributed by atoms with Gasteiger partial charge in [-0.25, -0.2) is 15.0 Å². The summed E-state index contributed by atoms with van der Waals surface area (Å²) in [5.41, 5.74) is 11.5. The molecule has 0 radical (unpaired) electrons. The number of hydrogen-bond acceptors (Lipinski definition) is 5. The molecule has 9 aromatic rings. The van der Waals surface area contributed by atoms with Gasteiger partial charge in [0.05, 0.1) is 0 Å². The van der Waals surface area contributed by atoms with Crippen LogP contribution in [-0.4, -0.2) is 15.0 Å². The van der Waals surface area contributed by atoms with E-state index in [4.69, 9.17) is 23.8 Å². The smallest absolute Gasteiger partial charge is 0.165 e. The second kappa shape index (κ2) is 12.4. The highest BCUT2D eigenvalue weighted by atomic mass is 16.3.